The first-order valence-corrected chi connectivity index (χ1v) is 7.18. The third kappa shape index (κ3) is 2.87. The molecule has 0 saturated heterocycles. The Kier molecular flexibility index (Phi) is 4.65. The van der Waals surface area contributed by atoms with Gasteiger partial charge in [-0.15, -0.1) is 0 Å². The van der Waals surface area contributed by atoms with Crippen LogP contribution in [0.1, 0.15) is 38.1 Å². The van der Waals surface area contributed by atoms with Crippen LogP contribution in [0.3, 0.4) is 0 Å². The molecule has 0 aromatic carbocycles. The summed E-state index contributed by atoms with van der Waals surface area (Å²) >= 11 is 6.41. The summed E-state index contributed by atoms with van der Waals surface area (Å²) in [6.45, 7) is 6.72. The lowest BCUT2D eigenvalue weighted by Gasteiger charge is -2.21. The van der Waals surface area contributed by atoms with Crippen molar-refractivity contribution in [2.45, 2.75) is 52.2 Å². The second-order valence-corrected chi connectivity index (χ2v) is 5.18. The fourth-order valence-corrected chi connectivity index (χ4v) is 2.65. The van der Waals surface area contributed by atoms with Crippen LogP contribution in [0.2, 0.25) is 5.02 Å². The van der Waals surface area contributed by atoms with E-state index in [9.17, 15) is 0 Å². The van der Waals surface area contributed by atoms with Crippen LogP contribution in [0.15, 0.2) is 0 Å². The molecule has 0 amide bonds. The standard InChI is InChI=1S/C13H22ClN3O/c1-3-11-13(14)12(17(4-2)15-11)9-16(7-8-18)10-5-6-10/h10,18H,3-9H2,1-2H3. The van der Waals surface area contributed by atoms with Gasteiger partial charge in [-0.1, -0.05) is 18.5 Å². The Labute approximate surface area is 114 Å². The number of hydrogen-bond acceptors (Lipinski definition) is 3. The topological polar surface area (TPSA) is 41.3 Å². The van der Waals surface area contributed by atoms with Crippen LogP contribution in [0.4, 0.5) is 0 Å². The molecule has 0 unspecified atom stereocenters. The Morgan fingerprint density at radius 1 is 1.44 bits per heavy atom. The third-order valence-corrected chi connectivity index (χ3v) is 3.93. The van der Waals surface area contributed by atoms with Crippen molar-refractivity contribution in [3.05, 3.63) is 16.4 Å². The Balaban J connectivity index is 2.17. The summed E-state index contributed by atoms with van der Waals surface area (Å²) in [7, 11) is 0. The van der Waals surface area contributed by atoms with Crippen LogP contribution < -0.4 is 0 Å². The lowest BCUT2D eigenvalue weighted by molar-refractivity contribution is 0.180. The normalized spacial score (nSPS) is 15.6. The fraction of sp³-hybridized carbons (Fsp3) is 0.769. The second kappa shape index (κ2) is 6.04. The summed E-state index contributed by atoms with van der Waals surface area (Å²) in [5.41, 5.74) is 2.07. The van der Waals surface area contributed by atoms with Crippen LogP contribution in [-0.4, -0.2) is 39.0 Å². The molecule has 0 bridgehead atoms. The smallest absolute Gasteiger partial charge is 0.0863 e. The molecule has 102 valence electrons. The monoisotopic (exact) mass is 271 g/mol. The number of hydrogen-bond donors (Lipinski definition) is 1. The van der Waals surface area contributed by atoms with Gasteiger partial charge in [0.25, 0.3) is 0 Å². The van der Waals surface area contributed by atoms with Crippen molar-refractivity contribution in [2.75, 3.05) is 13.2 Å². The van der Waals surface area contributed by atoms with Crippen LogP contribution in [-0.2, 0) is 19.5 Å². The zero-order valence-electron chi connectivity index (χ0n) is 11.2. The molecule has 18 heavy (non-hydrogen) atoms. The quantitative estimate of drug-likeness (QED) is 0.826. The van der Waals surface area contributed by atoms with E-state index in [1.807, 2.05) is 4.68 Å². The molecule has 1 aliphatic carbocycles. The summed E-state index contributed by atoms with van der Waals surface area (Å²) in [6.07, 6.45) is 3.33. The molecule has 1 aromatic rings. The predicted octanol–water partition coefficient (Wildman–Crippen LogP) is 2.08. The predicted molar refractivity (Wildman–Crippen MR) is 72.8 cm³/mol. The SMILES string of the molecule is CCc1nn(CC)c(CN(CCO)C2CC2)c1Cl. The maximum Gasteiger partial charge on any atom is 0.0863 e. The average molecular weight is 272 g/mol. The molecule has 0 aliphatic heterocycles. The van der Waals surface area contributed by atoms with Gasteiger partial charge in [0.2, 0.25) is 0 Å². The summed E-state index contributed by atoms with van der Waals surface area (Å²) in [4.78, 5) is 2.31. The van der Waals surface area contributed by atoms with Crippen molar-refractivity contribution in [1.29, 1.82) is 0 Å². The van der Waals surface area contributed by atoms with Gasteiger partial charge in [-0.3, -0.25) is 9.58 Å². The zero-order valence-corrected chi connectivity index (χ0v) is 11.9. The summed E-state index contributed by atoms with van der Waals surface area (Å²) in [5.74, 6) is 0. The van der Waals surface area contributed by atoms with Gasteiger partial charge < -0.3 is 5.11 Å². The van der Waals surface area contributed by atoms with Crippen molar-refractivity contribution in [3.63, 3.8) is 0 Å². The third-order valence-electron chi connectivity index (χ3n) is 3.50. The number of aliphatic hydroxyl groups is 1. The molecule has 4 nitrogen and oxygen atoms in total. The highest BCUT2D eigenvalue weighted by Gasteiger charge is 2.30. The van der Waals surface area contributed by atoms with E-state index in [0.717, 1.165) is 42.5 Å². The van der Waals surface area contributed by atoms with Gasteiger partial charge in [-0.25, -0.2) is 0 Å². The van der Waals surface area contributed by atoms with E-state index in [4.69, 9.17) is 16.7 Å². The summed E-state index contributed by atoms with van der Waals surface area (Å²) in [5, 5.41) is 14.5. The van der Waals surface area contributed by atoms with Gasteiger partial charge in [0.15, 0.2) is 0 Å². The average Bonchev–Trinajstić information content (AvgIpc) is 3.16. The minimum atomic E-state index is 0.203. The molecule has 1 fully saturated rings. The molecular formula is C13H22ClN3O. The number of aliphatic hydroxyl groups excluding tert-OH is 1. The molecule has 2 rings (SSSR count). The molecule has 1 N–H and O–H groups in total. The van der Waals surface area contributed by atoms with E-state index in [1.165, 1.54) is 12.8 Å². The molecule has 0 atom stereocenters. The summed E-state index contributed by atoms with van der Waals surface area (Å²) < 4.78 is 1.99. The summed E-state index contributed by atoms with van der Waals surface area (Å²) in [6, 6.07) is 0.624. The van der Waals surface area contributed by atoms with Crippen molar-refractivity contribution in [1.82, 2.24) is 14.7 Å². The number of aromatic nitrogens is 2. The minimum Gasteiger partial charge on any atom is -0.395 e. The van der Waals surface area contributed by atoms with Crippen molar-refractivity contribution < 1.29 is 5.11 Å². The van der Waals surface area contributed by atoms with E-state index >= 15 is 0 Å². The van der Waals surface area contributed by atoms with Gasteiger partial charge in [0, 0.05) is 25.7 Å². The molecule has 1 saturated carbocycles. The molecule has 1 aliphatic rings. The minimum absolute atomic E-state index is 0.203. The molecule has 0 spiro atoms. The van der Waals surface area contributed by atoms with Crippen LogP contribution in [0.25, 0.3) is 0 Å². The van der Waals surface area contributed by atoms with E-state index in [0.29, 0.717) is 6.04 Å². The number of halogens is 1. The lowest BCUT2D eigenvalue weighted by Crippen LogP contribution is -2.29. The fourth-order valence-electron chi connectivity index (χ4n) is 2.32. The first-order valence-electron chi connectivity index (χ1n) is 6.80. The van der Waals surface area contributed by atoms with Gasteiger partial charge in [0.05, 0.1) is 23.0 Å². The maximum absolute atomic E-state index is 9.14. The molecule has 0 radical (unpaired) electrons. The van der Waals surface area contributed by atoms with Gasteiger partial charge >= 0.3 is 0 Å². The van der Waals surface area contributed by atoms with E-state index in [2.05, 4.69) is 23.8 Å². The first-order chi connectivity index (χ1) is 8.71. The Morgan fingerprint density at radius 3 is 2.67 bits per heavy atom. The Morgan fingerprint density at radius 2 is 2.17 bits per heavy atom. The molecule has 5 heteroatoms. The van der Waals surface area contributed by atoms with Crippen LogP contribution in [0, 0.1) is 0 Å². The van der Waals surface area contributed by atoms with Gasteiger partial charge in [0.1, 0.15) is 0 Å². The van der Waals surface area contributed by atoms with Crippen LogP contribution in [0.5, 0.6) is 0 Å². The van der Waals surface area contributed by atoms with Crippen LogP contribution >= 0.6 is 11.6 Å². The van der Waals surface area contributed by atoms with Crippen molar-refractivity contribution in [3.8, 4) is 0 Å². The Bertz CT molecular complexity index is 401. The lowest BCUT2D eigenvalue weighted by atomic mass is 10.3. The van der Waals surface area contributed by atoms with E-state index < -0.39 is 0 Å². The maximum atomic E-state index is 9.14. The van der Waals surface area contributed by atoms with Crippen molar-refractivity contribution >= 4 is 11.6 Å². The molecule has 1 heterocycles. The van der Waals surface area contributed by atoms with Gasteiger partial charge in [-0.05, 0) is 26.2 Å². The number of nitrogens with zero attached hydrogens (tertiary/aromatic N) is 3. The zero-order chi connectivity index (χ0) is 13.1. The van der Waals surface area contributed by atoms with Crippen molar-refractivity contribution in [2.24, 2.45) is 0 Å². The largest absolute Gasteiger partial charge is 0.395 e. The number of rotatable bonds is 7. The molecular weight excluding hydrogens is 250 g/mol. The highest BCUT2D eigenvalue weighted by molar-refractivity contribution is 6.31. The van der Waals surface area contributed by atoms with E-state index in [1.54, 1.807) is 0 Å². The Hall–Kier alpha value is -0.580. The number of aryl methyl sites for hydroxylation is 2. The first kappa shape index (κ1) is 13.8. The van der Waals surface area contributed by atoms with E-state index in [-0.39, 0.29) is 6.61 Å². The molecule has 1 aromatic heterocycles. The highest BCUT2D eigenvalue weighted by atomic mass is 35.5. The van der Waals surface area contributed by atoms with Gasteiger partial charge in [-0.2, -0.15) is 5.10 Å². The highest BCUT2D eigenvalue weighted by Crippen LogP contribution is 2.30. The second-order valence-electron chi connectivity index (χ2n) is 4.80.